The molecule has 27 heavy (non-hydrogen) atoms. The second kappa shape index (κ2) is 8.33. The van der Waals surface area contributed by atoms with Crippen LogP contribution in [0, 0.1) is 0 Å². The van der Waals surface area contributed by atoms with Crippen LogP contribution in [0.15, 0.2) is 53.9 Å². The lowest BCUT2D eigenvalue weighted by Crippen LogP contribution is -2.41. The number of carbonyl (C=O) groups is 1. The van der Waals surface area contributed by atoms with Crippen LogP contribution in [0.3, 0.4) is 0 Å². The summed E-state index contributed by atoms with van der Waals surface area (Å²) in [7, 11) is 0. The van der Waals surface area contributed by atoms with Gasteiger partial charge < -0.3 is 5.32 Å². The standard InChI is InChI=1S/C19H18Cl2N4OS/c1-19(2,14-7-8-15(20)16(21)9-14)24-17(26)13-5-3-12(4-6-13)10-27-18-22-11-23-25-18/h3-9,11H,10H2,1-2H3,(H,24,26)(H,22,23,25). The lowest BCUT2D eigenvalue weighted by molar-refractivity contribution is 0.0912. The molecule has 3 aromatic rings. The summed E-state index contributed by atoms with van der Waals surface area (Å²) in [6.07, 6.45) is 1.48. The van der Waals surface area contributed by atoms with E-state index in [0.29, 0.717) is 15.6 Å². The van der Waals surface area contributed by atoms with Gasteiger partial charge in [-0.05, 0) is 49.2 Å². The zero-order valence-electron chi connectivity index (χ0n) is 14.8. The van der Waals surface area contributed by atoms with Crippen molar-refractivity contribution in [3.05, 3.63) is 75.5 Å². The molecule has 8 heteroatoms. The summed E-state index contributed by atoms with van der Waals surface area (Å²) < 4.78 is 0. The van der Waals surface area contributed by atoms with Crippen LogP contribution in [0.25, 0.3) is 0 Å². The molecule has 0 aliphatic heterocycles. The van der Waals surface area contributed by atoms with Crippen molar-refractivity contribution in [2.45, 2.75) is 30.3 Å². The number of carbonyl (C=O) groups excluding carboxylic acids is 1. The third-order valence-corrected chi connectivity index (χ3v) is 5.74. The normalized spacial score (nSPS) is 11.4. The maximum atomic E-state index is 12.6. The Morgan fingerprint density at radius 1 is 1.15 bits per heavy atom. The molecule has 1 aromatic heterocycles. The molecule has 0 saturated carbocycles. The lowest BCUT2D eigenvalue weighted by atomic mass is 9.94. The summed E-state index contributed by atoms with van der Waals surface area (Å²) in [5.41, 5.74) is 1.98. The van der Waals surface area contributed by atoms with E-state index in [9.17, 15) is 4.79 Å². The van der Waals surface area contributed by atoms with Crippen LogP contribution >= 0.6 is 35.0 Å². The van der Waals surface area contributed by atoms with Crippen molar-refractivity contribution in [3.63, 3.8) is 0 Å². The Morgan fingerprint density at radius 3 is 2.52 bits per heavy atom. The quantitative estimate of drug-likeness (QED) is 0.546. The Labute approximate surface area is 171 Å². The van der Waals surface area contributed by atoms with Gasteiger partial charge in [0.25, 0.3) is 5.91 Å². The van der Waals surface area contributed by atoms with Crippen LogP contribution in [0.5, 0.6) is 0 Å². The van der Waals surface area contributed by atoms with Gasteiger partial charge in [0.05, 0.1) is 15.6 Å². The first-order valence-electron chi connectivity index (χ1n) is 8.20. The van der Waals surface area contributed by atoms with Gasteiger partial charge in [0.1, 0.15) is 6.33 Å². The van der Waals surface area contributed by atoms with Crippen molar-refractivity contribution in [2.24, 2.45) is 0 Å². The molecule has 3 rings (SSSR count). The number of aromatic amines is 1. The van der Waals surface area contributed by atoms with Crippen molar-refractivity contribution < 1.29 is 4.79 Å². The summed E-state index contributed by atoms with van der Waals surface area (Å²) in [5.74, 6) is 0.590. The number of halogens is 2. The number of hydrogen-bond donors (Lipinski definition) is 2. The van der Waals surface area contributed by atoms with Gasteiger partial charge in [0, 0.05) is 11.3 Å². The Kier molecular flexibility index (Phi) is 6.09. The van der Waals surface area contributed by atoms with Crippen LogP contribution in [-0.2, 0) is 11.3 Å². The fourth-order valence-electron chi connectivity index (χ4n) is 2.48. The van der Waals surface area contributed by atoms with E-state index in [2.05, 4.69) is 20.5 Å². The molecule has 0 fully saturated rings. The Balaban J connectivity index is 1.65. The van der Waals surface area contributed by atoms with Crippen LogP contribution in [0.1, 0.15) is 35.3 Å². The molecule has 2 N–H and O–H groups in total. The van der Waals surface area contributed by atoms with Crippen molar-refractivity contribution >= 4 is 40.9 Å². The molecule has 0 aliphatic rings. The third-order valence-electron chi connectivity index (χ3n) is 4.05. The van der Waals surface area contributed by atoms with E-state index in [-0.39, 0.29) is 5.91 Å². The van der Waals surface area contributed by atoms with Gasteiger partial charge in [-0.15, -0.1) is 0 Å². The molecule has 0 radical (unpaired) electrons. The number of aromatic nitrogens is 3. The molecule has 2 aromatic carbocycles. The van der Waals surface area contributed by atoms with Gasteiger partial charge in [0.15, 0.2) is 5.16 Å². The SMILES string of the molecule is CC(C)(NC(=O)c1ccc(CSc2ncn[nH]2)cc1)c1ccc(Cl)c(Cl)c1. The predicted octanol–water partition coefficient (Wildman–Crippen LogP) is 5.07. The molecular weight excluding hydrogens is 403 g/mol. The first-order chi connectivity index (χ1) is 12.8. The maximum Gasteiger partial charge on any atom is 0.251 e. The van der Waals surface area contributed by atoms with Crippen LogP contribution < -0.4 is 5.32 Å². The number of benzene rings is 2. The highest BCUT2D eigenvalue weighted by atomic mass is 35.5. The topological polar surface area (TPSA) is 70.7 Å². The van der Waals surface area contributed by atoms with Crippen molar-refractivity contribution in [1.82, 2.24) is 20.5 Å². The van der Waals surface area contributed by atoms with Crippen molar-refractivity contribution in [3.8, 4) is 0 Å². The summed E-state index contributed by atoms with van der Waals surface area (Å²) >= 11 is 13.6. The summed E-state index contributed by atoms with van der Waals surface area (Å²) in [4.78, 5) is 16.7. The zero-order valence-corrected chi connectivity index (χ0v) is 17.1. The number of nitrogens with one attached hydrogen (secondary N) is 2. The average Bonchev–Trinajstić information content (AvgIpc) is 3.16. The van der Waals surface area contributed by atoms with Gasteiger partial charge in [0.2, 0.25) is 0 Å². The molecule has 5 nitrogen and oxygen atoms in total. The van der Waals surface area contributed by atoms with E-state index < -0.39 is 5.54 Å². The minimum Gasteiger partial charge on any atom is -0.343 e. The Bertz CT molecular complexity index is 927. The molecule has 0 atom stereocenters. The lowest BCUT2D eigenvalue weighted by Gasteiger charge is -2.27. The monoisotopic (exact) mass is 420 g/mol. The minimum atomic E-state index is -0.591. The molecular formula is C19H18Cl2N4OS. The number of H-pyrrole nitrogens is 1. The Hall–Kier alpha value is -2.02. The highest BCUT2D eigenvalue weighted by Gasteiger charge is 2.24. The van der Waals surface area contributed by atoms with Crippen LogP contribution in [-0.4, -0.2) is 21.1 Å². The summed E-state index contributed by atoms with van der Waals surface area (Å²) in [6.45, 7) is 3.85. The van der Waals surface area contributed by atoms with E-state index in [1.807, 2.05) is 44.2 Å². The van der Waals surface area contributed by atoms with Gasteiger partial charge in [-0.2, -0.15) is 5.10 Å². The fraction of sp³-hybridized carbons (Fsp3) is 0.211. The second-order valence-corrected chi connectivity index (χ2v) is 8.26. The number of thioether (sulfide) groups is 1. The average molecular weight is 421 g/mol. The van der Waals surface area contributed by atoms with E-state index >= 15 is 0 Å². The van der Waals surface area contributed by atoms with Crippen LogP contribution in [0.4, 0.5) is 0 Å². The zero-order chi connectivity index (χ0) is 19.4. The highest BCUT2D eigenvalue weighted by molar-refractivity contribution is 7.98. The summed E-state index contributed by atoms with van der Waals surface area (Å²) in [6, 6.07) is 12.9. The van der Waals surface area contributed by atoms with E-state index in [1.165, 1.54) is 6.33 Å². The predicted molar refractivity (Wildman–Crippen MR) is 109 cm³/mol. The highest BCUT2D eigenvalue weighted by Crippen LogP contribution is 2.28. The Morgan fingerprint density at radius 2 is 1.89 bits per heavy atom. The number of rotatable bonds is 6. The molecule has 0 saturated heterocycles. The van der Waals surface area contributed by atoms with Gasteiger partial charge >= 0.3 is 0 Å². The van der Waals surface area contributed by atoms with Crippen LogP contribution in [0.2, 0.25) is 10.0 Å². The number of nitrogens with zero attached hydrogens (tertiary/aromatic N) is 2. The van der Waals surface area contributed by atoms with E-state index in [0.717, 1.165) is 22.0 Å². The van der Waals surface area contributed by atoms with E-state index in [1.54, 1.807) is 23.9 Å². The number of hydrogen-bond acceptors (Lipinski definition) is 4. The number of amides is 1. The van der Waals surface area contributed by atoms with Gasteiger partial charge in [-0.25, -0.2) is 4.98 Å². The first-order valence-corrected chi connectivity index (χ1v) is 9.94. The van der Waals surface area contributed by atoms with Crippen molar-refractivity contribution in [1.29, 1.82) is 0 Å². The first kappa shape index (κ1) is 19.7. The second-order valence-electron chi connectivity index (χ2n) is 6.48. The van der Waals surface area contributed by atoms with Crippen molar-refractivity contribution in [2.75, 3.05) is 0 Å². The largest absolute Gasteiger partial charge is 0.343 e. The molecule has 0 aliphatic carbocycles. The molecule has 1 heterocycles. The van der Waals surface area contributed by atoms with E-state index in [4.69, 9.17) is 23.2 Å². The third kappa shape index (κ3) is 5.03. The molecule has 0 bridgehead atoms. The summed E-state index contributed by atoms with van der Waals surface area (Å²) in [5, 5.41) is 11.4. The molecule has 0 unspecified atom stereocenters. The smallest absolute Gasteiger partial charge is 0.251 e. The minimum absolute atomic E-state index is 0.152. The van der Waals surface area contributed by atoms with Gasteiger partial charge in [-0.3, -0.25) is 9.89 Å². The maximum absolute atomic E-state index is 12.6. The molecule has 140 valence electrons. The van der Waals surface area contributed by atoms with Gasteiger partial charge in [-0.1, -0.05) is 53.2 Å². The fourth-order valence-corrected chi connectivity index (χ4v) is 3.51. The molecule has 0 spiro atoms. The molecule has 1 amide bonds.